The first-order valence-corrected chi connectivity index (χ1v) is 6.84. The molecule has 3 nitrogen and oxygen atoms in total. The Morgan fingerprint density at radius 2 is 1.90 bits per heavy atom. The molecule has 0 bridgehead atoms. The van der Waals surface area contributed by atoms with Crippen LogP contribution in [0.2, 0.25) is 0 Å². The van der Waals surface area contributed by atoms with Gasteiger partial charge in [-0.05, 0) is 48.2 Å². The number of Topliss-reactive ketones (excluding diaryl/α,β-unsaturated/α-hetero) is 1. The van der Waals surface area contributed by atoms with Crippen LogP contribution in [0.3, 0.4) is 0 Å². The zero-order valence-electron chi connectivity index (χ0n) is 11.2. The maximum absolute atomic E-state index is 12.4. The lowest BCUT2D eigenvalue weighted by atomic mass is 9.87. The zero-order chi connectivity index (χ0) is 13.9. The first-order chi connectivity index (χ1) is 9.74. The number of hydrogen-bond donors (Lipinski definition) is 1. The number of hydrogen-bond acceptors (Lipinski definition) is 3. The number of rotatable bonds is 3. The second-order valence-corrected chi connectivity index (χ2v) is 5.12. The van der Waals surface area contributed by atoms with Crippen molar-refractivity contribution in [3.63, 3.8) is 0 Å². The highest BCUT2D eigenvalue weighted by molar-refractivity contribution is 5.96. The average Bonchev–Trinajstić information content (AvgIpc) is 2.48. The number of carbonyl (C=O) groups is 1. The predicted molar refractivity (Wildman–Crippen MR) is 79.1 cm³/mol. The summed E-state index contributed by atoms with van der Waals surface area (Å²) in [4.78, 5) is 12.4. The van der Waals surface area contributed by atoms with Gasteiger partial charge in [-0.15, -0.1) is 0 Å². The Morgan fingerprint density at radius 1 is 1.15 bits per heavy atom. The van der Waals surface area contributed by atoms with Crippen molar-refractivity contribution in [1.29, 1.82) is 0 Å². The lowest BCUT2D eigenvalue weighted by Crippen LogP contribution is -2.17. The normalized spacial score (nSPS) is 17.1. The molecule has 1 aliphatic rings. The van der Waals surface area contributed by atoms with Crippen LogP contribution >= 0.6 is 0 Å². The van der Waals surface area contributed by atoms with Crippen molar-refractivity contribution in [3.05, 3.63) is 59.7 Å². The van der Waals surface area contributed by atoms with Crippen LogP contribution in [0.1, 0.15) is 34.7 Å². The molecule has 2 aromatic rings. The molecule has 0 fully saturated rings. The number of ketones is 1. The molecule has 0 aromatic heterocycles. The molecule has 0 aliphatic carbocycles. The summed E-state index contributed by atoms with van der Waals surface area (Å²) in [5.41, 5.74) is 8.19. The van der Waals surface area contributed by atoms with Crippen LogP contribution in [0.5, 0.6) is 5.75 Å². The van der Waals surface area contributed by atoms with E-state index in [1.54, 1.807) is 24.3 Å². The summed E-state index contributed by atoms with van der Waals surface area (Å²) >= 11 is 0. The monoisotopic (exact) mass is 267 g/mol. The third kappa shape index (κ3) is 2.52. The van der Waals surface area contributed by atoms with Gasteiger partial charge in [0.05, 0.1) is 6.61 Å². The van der Waals surface area contributed by atoms with Crippen molar-refractivity contribution >= 4 is 11.5 Å². The molecule has 20 heavy (non-hydrogen) atoms. The number of fused-ring (bicyclic) bond motifs is 1. The molecule has 0 saturated heterocycles. The van der Waals surface area contributed by atoms with Crippen molar-refractivity contribution < 1.29 is 9.53 Å². The van der Waals surface area contributed by atoms with E-state index in [-0.39, 0.29) is 11.7 Å². The van der Waals surface area contributed by atoms with Crippen LogP contribution < -0.4 is 10.5 Å². The Morgan fingerprint density at radius 3 is 2.70 bits per heavy atom. The number of ether oxygens (including phenoxy) is 1. The number of nitrogens with two attached hydrogens (primary N) is 1. The average molecular weight is 267 g/mol. The molecule has 102 valence electrons. The van der Waals surface area contributed by atoms with Gasteiger partial charge in [-0.2, -0.15) is 0 Å². The van der Waals surface area contributed by atoms with Gasteiger partial charge in [0.2, 0.25) is 0 Å². The highest BCUT2D eigenvalue weighted by Crippen LogP contribution is 2.36. The Kier molecular flexibility index (Phi) is 3.42. The molecule has 0 amide bonds. The van der Waals surface area contributed by atoms with Crippen molar-refractivity contribution in [2.75, 3.05) is 12.3 Å². The van der Waals surface area contributed by atoms with Gasteiger partial charge >= 0.3 is 0 Å². The van der Waals surface area contributed by atoms with Gasteiger partial charge in [0, 0.05) is 17.7 Å². The fourth-order valence-electron chi connectivity index (χ4n) is 2.64. The van der Waals surface area contributed by atoms with Crippen LogP contribution in [0.15, 0.2) is 48.5 Å². The van der Waals surface area contributed by atoms with Gasteiger partial charge in [-0.1, -0.05) is 18.2 Å². The Bertz CT molecular complexity index is 619. The summed E-state index contributed by atoms with van der Waals surface area (Å²) in [7, 11) is 0. The summed E-state index contributed by atoms with van der Waals surface area (Å²) in [5, 5.41) is 0. The molecule has 3 rings (SSSR count). The lowest BCUT2D eigenvalue weighted by molar-refractivity contribution is 0.0966. The third-order valence-electron chi connectivity index (χ3n) is 3.75. The van der Waals surface area contributed by atoms with Gasteiger partial charge in [0.1, 0.15) is 5.75 Å². The maximum atomic E-state index is 12.4. The van der Waals surface area contributed by atoms with Crippen LogP contribution in [0.4, 0.5) is 5.69 Å². The minimum absolute atomic E-state index is 0.159. The molecular formula is C17H17NO2. The Hall–Kier alpha value is -2.29. The number of anilines is 1. The Balaban J connectivity index is 1.79. The SMILES string of the molecule is Nc1ccc(C(=O)CC2CCOc3ccccc32)cc1. The van der Waals surface area contributed by atoms with Crippen LogP contribution in [0, 0.1) is 0 Å². The largest absolute Gasteiger partial charge is 0.493 e. The summed E-state index contributed by atoms with van der Waals surface area (Å²) in [6.07, 6.45) is 1.40. The van der Waals surface area contributed by atoms with E-state index in [9.17, 15) is 4.79 Å². The third-order valence-corrected chi connectivity index (χ3v) is 3.75. The summed E-state index contributed by atoms with van der Waals surface area (Å²) in [6, 6.07) is 15.1. The number of nitrogen functional groups attached to an aromatic ring is 1. The minimum atomic E-state index is 0.159. The minimum Gasteiger partial charge on any atom is -0.493 e. The second-order valence-electron chi connectivity index (χ2n) is 5.12. The maximum Gasteiger partial charge on any atom is 0.163 e. The van der Waals surface area contributed by atoms with E-state index >= 15 is 0 Å². The van der Waals surface area contributed by atoms with Crippen LogP contribution in [-0.4, -0.2) is 12.4 Å². The fraction of sp³-hybridized carbons (Fsp3) is 0.235. The smallest absolute Gasteiger partial charge is 0.163 e. The molecule has 2 N–H and O–H groups in total. The van der Waals surface area contributed by atoms with E-state index in [0.29, 0.717) is 18.7 Å². The predicted octanol–water partition coefficient (Wildman–Crippen LogP) is 3.41. The lowest BCUT2D eigenvalue weighted by Gasteiger charge is -2.25. The van der Waals surface area contributed by atoms with E-state index in [4.69, 9.17) is 10.5 Å². The molecule has 0 saturated carbocycles. The topological polar surface area (TPSA) is 52.3 Å². The highest BCUT2D eigenvalue weighted by Gasteiger charge is 2.23. The summed E-state index contributed by atoms with van der Waals surface area (Å²) < 4.78 is 5.63. The van der Waals surface area contributed by atoms with Crippen molar-refractivity contribution in [1.82, 2.24) is 0 Å². The molecular weight excluding hydrogens is 250 g/mol. The molecule has 0 spiro atoms. The summed E-state index contributed by atoms with van der Waals surface area (Å²) in [6.45, 7) is 0.677. The number of carbonyl (C=O) groups excluding carboxylic acids is 1. The fourth-order valence-corrected chi connectivity index (χ4v) is 2.64. The van der Waals surface area contributed by atoms with E-state index in [1.165, 1.54) is 0 Å². The molecule has 1 unspecified atom stereocenters. The first kappa shape index (κ1) is 12.7. The quantitative estimate of drug-likeness (QED) is 0.685. The summed E-state index contributed by atoms with van der Waals surface area (Å²) in [5.74, 6) is 1.31. The number of para-hydroxylation sites is 1. The van der Waals surface area contributed by atoms with Crippen molar-refractivity contribution in [3.8, 4) is 5.75 Å². The Labute approximate surface area is 118 Å². The van der Waals surface area contributed by atoms with E-state index in [2.05, 4.69) is 6.07 Å². The van der Waals surface area contributed by atoms with Gasteiger partial charge in [0.25, 0.3) is 0 Å². The van der Waals surface area contributed by atoms with Gasteiger partial charge in [-0.25, -0.2) is 0 Å². The van der Waals surface area contributed by atoms with Gasteiger partial charge < -0.3 is 10.5 Å². The van der Waals surface area contributed by atoms with Crippen LogP contribution in [-0.2, 0) is 0 Å². The van der Waals surface area contributed by atoms with Gasteiger partial charge in [-0.3, -0.25) is 4.79 Å². The molecule has 0 radical (unpaired) electrons. The zero-order valence-corrected chi connectivity index (χ0v) is 11.2. The standard InChI is InChI=1S/C17H17NO2/c18-14-7-5-12(6-8-14)16(19)11-13-9-10-20-17-4-2-1-3-15(13)17/h1-8,13H,9-11,18H2. The number of benzene rings is 2. The molecule has 2 aromatic carbocycles. The molecule has 1 aliphatic heterocycles. The van der Waals surface area contributed by atoms with E-state index in [1.807, 2.05) is 18.2 Å². The van der Waals surface area contributed by atoms with E-state index in [0.717, 1.165) is 23.3 Å². The van der Waals surface area contributed by atoms with Gasteiger partial charge in [0.15, 0.2) is 5.78 Å². The highest BCUT2D eigenvalue weighted by atomic mass is 16.5. The molecule has 1 heterocycles. The second kappa shape index (κ2) is 5.37. The van der Waals surface area contributed by atoms with Crippen molar-refractivity contribution in [2.24, 2.45) is 0 Å². The van der Waals surface area contributed by atoms with E-state index < -0.39 is 0 Å². The molecule has 3 heteroatoms. The van der Waals surface area contributed by atoms with Crippen molar-refractivity contribution in [2.45, 2.75) is 18.8 Å². The first-order valence-electron chi connectivity index (χ1n) is 6.84. The molecule has 1 atom stereocenters. The van der Waals surface area contributed by atoms with Crippen LogP contribution in [0.25, 0.3) is 0 Å².